The first-order valence-corrected chi connectivity index (χ1v) is 7.56. The number of aryl methyl sites for hydroxylation is 1. The molecule has 1 unspecified atom stereocenters. The van der Waals surface area contributed by atoms with E-state index < -0.39 is 0 Å². The highest BCUT2D eigenvalue weighted by atomic mass is 79.9. The Bertz CT molecular complexity index is 369. The van der Waals surface area contributed by atoms with Gasteiger partial charge in [-0.05, 0) is 42.4 Å². The van der Waals surface area contributed by atoms with E-state index in [0.717, 1.165) is 24.3 Å². The lowest BCUT2D eigenvalue weighted by Gasteiger charge is -2.25. The predicted octanol–water partition coefficient (Wildman–Crippen LogP) is 6.13. The van der Waals surface area contributed by atoms with Gasteiger partial charge in [-0.3, -0.25) is 0 Å². The summed E-state index contributed by atoms with van der Waals surface area (Å²) in [5.74, 6) is 0. The molecule has 0 spiro atoms. The van der Waals surface area contributed by atoms with Crippen LogP contribution in [0.1, 0.15) is 39.2 Å². The molecule has 0 radical (unpaired) electrons. The Labute approximate surface area is 123 Å². The van der Waals surface area contributed by atoms with E-state index in [4.69, 9.17) is 23.2 Å². The lowest BCUT2D eigenvalue weighted by molar-refractivity contribution is 0.380. The molecule has 0 amide bonds. The Morgan fingerprint density at radius 2 is 1.88 bits per heavy atom. The van der Waals surface area contributed by atoms with Gasteiger partial charge >= 0.3 is 0 Å². The van der Waals surface area contributed by atoms with E-state index in [0.29, 0.717) is 15.3 Å². The summed E-state index contributed by atoms with van der Waals surface area (Å²) >= 11 is 15.8. The summed E-state index contributed by atoms with van der Waals surface area (Å²) in [7, 11) is 0. The molecule has 0 nitrogen and oxygen atoms in total. The van der Waals surface area contributed by atoms with Crippen molar-refractivity contribution in [2.45, 2.75) is 44.9 Å². The van der Waals surface area contributed by atoms with Gasteiger partial charge in [0.15, 0.2) is 0 Å². The van der Waals surface area contributed by atoms with Crippen LogP contribution in [0.25, 0.3) is 0 Å². The molecule has 0 aromatic heterocycles. The van der Waals surface area contributed by atoms with E-state index in [1.165, 1.54) is 5.56 Å². The number of benzene rings is 1. The maximum atomic E-state index is 6.14. The Hall–Kier alpha value is 0.280. The van der Waals surface area contributed by atoms with Crippen LogP contribution in [0.2, 0.25) is 10.0 Å². The number of halogens is 3. The van der Waals surface area contributed by atoms with Crippen molar-refractivity contribution in [3.8, 4) is 0 Å². The van der Waals surface area contributed by atoms with E-state index in [1.54, 1.807) is 0 Å². The van der Waals surface area contributed by atoms with Gasteiger partial charge in [0.2, 0.25) is 0 Å². The molecule has 0 aliphatic heterocycles. The van der Waals surface area contributed by atoms with Crippen LogP contribution >= 0.6 is 39.1 Å². The minimum atomic E-state index is 0.309. The van der Waals surface area contributed by atoms with Gasteiger partial charge in [0.1, 0.15) is 0 Å². The predicted molar refractivity (Wildman–Crippen MR) is 81.6 cm³/mol. The van der Waals surface area contributed by atoms with Gasteiger partial charge < -0.3 is 0 Å². The van der Waals surface area contributed by atoms with Crippen molar-refractivity contribution < 1.29 is 0 Å². The molecule has 0 saturated heterocycles. The summed E-state index contributed by atoms with van der Waals surface area (Å²) in [5, 5.41) is 1.48. The van der Waals surface area contributed by atoms with Crippen LogP contribution in [0, 0.1) is 5.41 Å². The number of rotatable bonds is 4. The first-order chi connectivity index (χ1) is 7.80. The number of hydrogen-bond acceptors (Lipinski definition) is 0. The fourth-order valence-electron chi connectivity index (χ4n) is 1.63. The van der Waals surface area contributed by atoms with Gasteiger partial charge in [0.05, 0.1) is 0 Å². The molecule has 0 N–H and O–H groups in total. The molecule has 96 valence electrons. The first-order valence-electron chi connectivity index (χ1n) is 5.88. The van der Waals surface area contributed by atoms with Crippen molar-refractivity contribution >= 4 is 39.1 Å². The lowest BCUT2D eigenvalue weighted by Crippen LogP contribution is -2.20. The molecular formula is C14H19BrCl2. The quantitative estimate of drug-likeness (QED) is 0.580. The summed E-state index contributed by atoms with van der Waals surface area (Å²) in [6, 6.07) is 5.73. The zero-order chi connectivity index (χ0) is 13.1. The molecule has 0 aliphatic carbocycles. The average molecular weight is 338 g/mol. The van der Waals surface area contributed by atoms with E-state index in [-0.39, 0.29) is 0 Å². The molecule has 1 atom stereocenters. The van der Waals surface area contributed by atoms with Crippen molar-refractivity contribution in [3.63, 3.8) is 0 Å². The number of hydrogen-bond donors (Lipinski definition) is 0. The summed E-state index contributed by atoms with van der Waals surface area (Å²) in [4.78, 5) is 0.543. The van der Waals surface area contributed by atoms with Crippen molar-refractivity contribution in [1.82, 2.24) is 0 Å². The first kappa shape index (κ1) is 15.3. The molecule has 0 heterocycles. The summed E-state index contributed by atoms with van der Waals surface area (Å²) in [6.07, 6.45) is 3.30. The van der Waals surface area contributed by atoms with Gasteiger partial charge in [-0.2, -0.15) is 0 Å². The van der Waals surface area contributed by atoms with Crippen molar-refractivity contribution in [2.75, 3.05) is 0 Å². The summed E-state index contributed by atoms with van der Waals surface area (Å²) < 4.78 is 0. The molecule has 3 heteroatoms. The molecule has 17 heavy (non-hydrogen) atoms. The van der Waals surface area contributed by atoms with Crippen LogP contribution in [0.5, 0.6) is 0 Å². The van der Waals surface area contributed by atoms with Crippen LogP contribution in [-0.4, -0.2) is 4.83 Å². The van der Waals surface area contributed by atoms with Crippen LogP contribution < -0.4 is 0 Å². The molecule has 1 aromatic carbocycles. The normalized spacial score (nSPS) is 13.8. The zero-order valence-electron chi connectivity index (χ0n) is 10.6. The smallest absolute Gasteiger partial charge is 0.0452 e. The third-order valence-corrected chi connectivity index (χ3v) is 5.28. The minimum absolute atomic E-state index is 0.309. The maximum absolute atomic E-state index is 6.14. The fourth-order valence-corrected chi connectivity index (χ4v) is 2.46. The Kier molecular flexibility index (Phi) is 5.82. The molecule has 1 aromatic rings. The van der Waals surface area contributed by atoms with Gasteiger partial charge in [-0.15, -0.1) is 0 Å². The van der Waals surface area contributed by atoms with Crippen molar-refractivity contribution in [3.05, 3.63) is 33.8 Å². The SMILES string of the molecule is CC(C)(C)C(Br)CCCc1ccc(Cl)cc1Cl. The summed E-state index contributed by atoms with van der Waals surface area (Å²) in [5.41, 5.74) is 1.49. The molecular weight excluding hydrogens is 319 g/mol. The van der Waals surface area contributed by atoms with Crippen LogP contribution in [-0.2, 0) is 6.42 Å². The van der Waals surface area contributed by atoms with Gasteiger partial charge in [0, 0.05) is 14.9 Å². The third kappa shape index (κ3) is 5.19. The third-order valence-electron chi connectivity index (χ3n) is 2.86. The lowest BCUT2D eigenvalue weighted by atomic mass is 9.89. The van der Waals surface area contributed by atoms with Gasteiger partial charge in [-0.1, -0.05) is 66.0 Å². The number of alkyl halides is 1. The highest BCUT2D eigenvalue weighted by Gasteiger charge is 2.20. The van der Waals surface area contributed by atoms with Gasteiger partial charge in [0.25, 0.3) is 0 Å². The van der Waals surface area contributed by atoms with Gasteiger partial charge in [-0.25, -0.2) is 0 Å². The average Bonchev–Trinajstić information content (AvgIpc) is 2.19. The molecule has 0 bridgehead atoms. The second-order valence-electron chi connectivity index (χ2n) is 5.46. The highest BCUT2D eigenvalue weighted by Crippen LogP contribution is 2.30. The second-order valence-corrected chi connectivity index (χ2v) is 7.41. The molecule has 1 rings (SSSR count). The second kappa shape index (κ2) is 6.45. The van der Waals surface area contributed by atoms with Crippen molar-refractivity contribution in [1.29, 1.82) is 0 Å². The van der Waals surface area contributed by atoms with E-state index in [9.17, 15) is 0 Å². The van der Waals surface area contributed by atoms with Crippen LogP contribution in [0.3, 0.4) is 0 Å². The standard InChI is InChI=1S/C14H19BrCl2/c1-14(2,3)13(15)6-4-5-10-7-8-11(16)9-12(10)17/h7-9,13H,4-6H2,1-3H3. The van der Waals surface area contributed by atoms with E-state index >= 15 is 0 Å². The summed E-state index contributed by atoms with van der Waals surface area (Å²) in [6.45, 7) is 6.76. The largest absolute Gasteiger partial charge is 0.0885 e. The van der Waals surface area contributed by atoms with Crippen molar-refractivity contribution in [2.24, 2.45) is 5.41 Å². The van der Waals surface area contributed by atoms with E-state index in [1.807, 2.05) is 18.2 Å². The monoisotopic (exact) mass is 336 g/mol. The topological polar surface area (TPSA) is 0 Å². The highest BCUT2D eigenvalue weighted by molar-refractivity contribution is 9.09. The zero-order valence-corrected chi connectivity index (χ0v) is 13.7. The molecule has 0 saturated carbocycles. The Balaban J connectivity index is 2.46. The Morgan fingerprint density at radius 1 is 1.24 bits per heavy atom. The van der Waals surface area contributed by atoms with Crippen LogP contribution in [0.15, 0.2) is 18.2 Å². The van der Waals surface area contributed by atoms with Crippen LogP contribution in [0.4, 0.5) is 0 Å². The maximum Gasteiger partial charge on any atom is 0.0452 e. The molecule has 0 aliphatic rings. The van der Waals surface area contributed by atoms with E-state index in [2.05, 4.69) is 36.7 Å². The minimum Gasteiger partial charge on any atom is -0.0885 e. The fraction of sp³-hybridized carbons (Fsp3) is 0.571. The Morgan fingerprint density at radius 3 is 2.41 bits per heavy atom. The molecule has 0 fully saturated rings.